The predicted octanol–water partition coefficient (Wildman–Crippen LogP) is 1.86. The molecule has 4 nitrogen and oxygen atoms in total. The van der Waals surface area contributed by atoms with Gasteiger partial charge in [0.2, 0.25) is 0 Å². The molecule has 94 valence electrons. The molecule has 0 spiro atoms. The fourth-order valence-corrected chi connectivity index (χ4v) is 2.59. The number of aliphatic hydroxyl groups is 1. The van der Waals surface area contributed by atoms with Gasteiger partial charge in [-0.1, -0.05) is 0 Å². The maximum atomic E-state index is 12.2. The highest BCUT2D eigenvalue weighted by Gasteiger charge is 2.31. The fourth-order valence-electron chi connectivity index (χ4n) is 1.72. The van der Waals surface area contributed by atoms with Gasteiger partial charge >= 0.3 is 0 Å². The normalized spacial score (nSPS) is 16.9. The summed E-state index contributed by atoms with van der Waals surface area (Å²) in [5, 5.41) is 9.22. The van der Waals surface area contributed by atoms with Crippen molar-refractivity contribution in [2.24, 2.45) is 0 Å². The number of thiazole rings is 1. The molecule has 1 atom stereocenters. The van der Waals surface area contributed by atoms with Crippen LogP contribution in [0, 0.1) is 0 Å². The smallest absolute Gasteiger partial charge is 0.265 e. The SMILES string of the molecule is CC(O)CCN(C)C(=O)c1scnc1C1CC1. The molecule has 1 saturated carbocycles. The first-order valence-electron chi connectivity index (χ1n) is 5.96. The van der Waals surface area contributed by atoms with E-state index in [-0.39, 0.29) is 12.0 Å². The van der Waals surface area contributed by atoms with Crippen molar-refractivity contribution in [3.05, 3.63) is 16.1 Å². The van der Waals surface area contributed by atoms with Crippen molar-refractivity contribution in [1.82, 2.24) is 9.88 Å². The number of aromatic nitrogens is 1. The minimum absolute atomic E-state index is 0.0371. The van der Waals surface area contributed by atoms with E-state index in [4.69, 9.17) is 0 Å². The summed E-state index contributed by atoms with van der Waals surface area (Å²) >= 11 is 1.42. The van der Waals surface area contributed by atoms with Gasteiger partial charge in [-0.25, -0.2) is 4.98 Å². The molecular weight excluding hydrogens is 236 g/mol. The van der Waals surface area contributed by atoms with Crippen molar-refractivity contribution in [2.45, 2.75) is 38.2 Å². The van der Waals surface area contributed by atoms with Crippen LogP contribution in [0.3, 0.4) is 0 Å². The zero-order valence-electron chi connectivity index (χ0n) is 10.2. The van der Waals surface area contributed by atoms with Gasteiger partial charge in [0.15, 0.2) is 0 Å². The summed E-state index contributed by atoms with van der Waals surface area (Å²) in [7, 11) is 1.78. The van der Waals surface area contributed by atoms with Crippen molar-refractivity contribution >= 4 is 17.2 Å². The van der Waals surface area contributed by atoms with Crippen LogP contribution in [0.4, 0.5) is 0 Å². The highest BCUT2D eigenvalue weighted by molar-refractivity contribution is 7.11. The van der Waals surface area contributed by atoms with Crippen molar-refractivity contribution in [2.75, 3.05) is 13.6 Å². The van der Waals surface area contributed by atoms with Crippen LogP contribution >= 0.6 is 11.3 Å². The summed E-state index contributed by atoms with van der Waals surface area (Å²) < 4.78 is 0. The van der Waals surface area contributed by atoms with Crippen molar-refractivity contribution in [3.8, 4) is 0 Å². The Morgan fingerprint density at radius 2 is 2.41 bits per heavy atom. The van der Waals surface area contributed by atoms with Gasteiger partial charge in [0.25, 0.3) is 5.91 Å². The maximum absolute atomic E-state index is 12.2. The monoisotopic (exact) mass is 254 g/mol. The van der Waals surface area contributed by atoms with E-state index >= 15 is 0 Å². The first kappa shape index (κ1) is 12.5. The molecule has 1 amide bonds. The molecule has 2 rings (SSSR count). The van der Waals surface area contributed by atoms with E-state index in [9.17, 15) is 9.90 Å². The van der Waals surface area contributed by atoms with E-state index in [2.05, 4.69) is 4.98 Å². The zero-order valence-corrected chi connectivity index (χ0v) is 11.0. The average molecular weight is 254 g/mol. The first-order valence-corrected chi connectivity index (χ1v) is 6.84. The van der Waals surface area contributed by atoms with Gasteiger partial charge in [0.1, 0.15) is 4.88 Å². The van der Waals surface area contributed by atoms with Crippen molar-refractivity contribution < 1.29 is 9.90 Å². The molecule has 1 heterocycles. The highest BCUT2D eigenvalue weighted by atomic mass is 32.1. The summed E-state index contributed by atoms with van der Waals surface area (Å²) in [4.78, 5) is 18.9. The van der Waals surface area contributed by atoms with E-state index in [0.29, 0.717) is 18.9 Å². The molecular formula is C12H18N2O2S. The van der Waals surface area contributed by atoms with Crippen LogP contribution in [0.15, 0.2) is 5.51 Å². The van der Waals surface area contributed by atoms with E-state index in [0.717, 1.165) is 23.4 Å². The van der Waals surface area contributed by atoms with Crippen LogP contribution in [0.1, 0.15) is 47.5 Å². The second kappa shape index (κ2) is 5.14. The van der Waals surface area contributed by atoms with Crippen LogP contribution in [0.2, 0.25) is 0 Å². The lowest BCUT2D eigenvalue weighted by molar-refractivity contribution is 0.0772. The van der Waals surface area contributed by atoms with Crippen LogP contribution in [0.5, 0.6) is 0 Å². The number of nitrogens with zero attached hydrogens (tertiary/aromatic N) is 2. The number of hydrogen-bond donors (Lipinski definition) is 1. The summed E-state index contributed by atoms with van der Waals surface area (Å²) in [6, 6.07) is 0. The standard InChI is InChI=1S/C12H18N2O2S/c1-8(15)5-6-14(2)12(16)11-10(9-3-4-9)13-7-17-11/h7-9,15H,3-6H2,1-2H3. The summed E-state index contributed by atoms with van der Waals surface area (Å²) in [5.41, 5.74) is 2.73. The summed E-state index contributed by atoms with van der Waals surface area (Å²) in [6.07, 6.45) is 2.55. The third-order valence-corrected chi connectivity index (χ3v) is 3.81. The molecule has 5 heteroatoms. The van der Waals surface area contributed by atoms with Crippen LogP contribution in [-0.2, 0) is 0 Å². The van der Waals surface area contributed by atoms with Gasteiger partial charge in [-0.15, -0.1) is 11.3 Å². The number of amides is 1. The molecule has 0 bridgehead atoms. The Kier molecular flexibility index (Phi) is 3.79. The molecule has 1 N–H and O–H groups in total. The predicted molar refractivity (Wildman–Crippen MR) is 67.3 cm³/mol. The molecule has 17 heavy (non-hydrogen) atoms. The third-order valence-electron chi connectivity index (χ3n) is 2.98. The molecule has 0 aromatic carbocycles. The zero-order chi connectivity index (χ0) is 12.4. The second-order valence-electron chi connectivity index (χ2n) is 4.71. The minimum atomic E-state index is -0.366. The molecule has 1 aliphatic carbocycles. The molecule has 1 fully saturated rings. The molecule has 1 aromatic rings. The Labute approximate surface area is 105 Å². The molecule has 0 saturated heterocycles. The summed E-state index contributed by atoms with van der Waals surface area (Å²) in [5.74, 6) is 0.542. The number of hydrogen-bond acceptors (Lipinski definition) is 4. The first-order chi connectivity index (χ1) is 8.09. The van der Waals surface area contributed by atoms with Crippen LogP contribution < -0.4 is 0 Å². The maximum Gasteiger partial charge on any atom is 0.265 e. The molecule has 1 aromatic heterocycles. The largest absolute Gasteiger partial charge is 0.393 e. The lowest BCUT2D eigenvalue weighted by Gasteiger charge is -2.17. The number of carbonyl (C=O) groups excluding carboxylic acids is 1. The Hall–Kier alpha value is -0.940. The van der Waals surface area contributed by atoms with Gasteiger partial charge in [-0.2, -0.15) is 0 Å². The topological polar surface area (TPSA) is 53.4 Å². The van der Waals surface area contributed by atoms with Gasteiger partial charge in [0.05, 0.1) is 17.3 Å². The van der Waals surface area contributed by atoms with E-state index in [1.807, 2.05) is 0 Å². The van der Waals surface area contributed by atoms with Gasteiger partial charge in [-0.05, 0) is 26.2 Å². The van der Waals surface area contributed by atoms with E-state index in [1.165, 1.54) is 11.3 Å². The van der Waals surface area contributed by atoms with Crippen LogP contribution in [0.25, 0.3) is 0 Å². The lowest BCUT2D eigenvalue weighted by atomic mass is 10.2. The number of rotatable bonds is 5. The van der Waals surface area contributed by atoms with Crippen molar-refractivity contribution in [1.29, 1.82) is 0 Å². The van der Waals surface area contributed by atoms with Gasteiger partial charge in [0, 0.05) is 19.5 Å². The van der Waals surface area contributed by atoms with E-state index in [1.54, 1.807) is 24.4 Å². The second-order valence-corrected chi connectivity index (χ2v) is 5.56. The fraction of sp³-hybridized carbons (Fsp3) is 0.667. The van der Waals surface area contributed by atoms with Gasteiger partial charge < -0.3 is 10.0 Å². The highest BCUT2D eigenvalue weighted by Crippen LogP contribution is 2.41. The summed E-state index contributed by atoms with van der Waals surface area (Å²) in [6.45, 7) is 2.32. The quantitative estimate of drug-likeness (QED) is 0.872. The minimum Gasteiger partial charge on any atom is -0.393 e. The van der Waals surface area contributed by atoms with Crippen LogP contribution in [-0.4, -0.2) is 40.6 Å². The Bertz CT molecular complexity index is 399. The number of carbonyl (C=O) groups is 1. The van der Waals surface area contributed by atoms with Gasteiger partial charge in [-0.3, -0.25) is 4.79 Å². The molecule has 1 aliphatic rings. The molecule has 1 unspecified atom stereocenters. The number of aliphatic hydroxyl groups excluding tert-OH is 1. The Morgan fingerprint density at radius 3 is 3.00 bits per heavy atom. The lowest BCUT2D eigenvalue weighted by Crippen LogP contribution is -2.29. The molecule has 0 radical (unpaired) electrons. The Morgan fingerprint density at radius 1 is 1.71 bits per heavy atom. The van der Waals surface area contributed by atoms with Crippen molar-refractivity contribution in [3.63, 3.8) is 0 Å². The molecule has 0 aliphatic heterocycles. The van der Waals surface area contributed by atoms with E-state index < -0.39 is 0 Å². The average Bonchev–Trinajstić information content (AvgIpc) is 3.03. The third kappa shape index (κ3) is 3.04. The Balaban J connectivity index is 2.00.